The molecule has 2 rings (SSSR count). The van der Waals surface area contributed by atoms with Gasteiger partial charge < -0.3 is 10.3 Å². The van der Waals surface area contributed by atoms with Crippen molar-refractivity contribution in [3.05, 3.63) is 30.1 Å². The highest BCUT2D eigenvalue weighted by molar-refractivity contribution is 5.75. The van der Waals surface area contributed by atoms with Gasteiger partial charge in [-0.15, -0.1) is 0 Å². The van der Waals surface area contributed by atoms with Gasteiger partial charge in [0.25, 0.3) is 0 Å². The molecule has 0 aliphatic heterocycles. The lowest BCUT2D eigenvalue weighted by atomic mass is 10.2. The average molecular weight is 285 g/mol. The number of para-hydroxylation sites is 2. The van der Waals surface area contributed by atoms with Crippen LogP contribution >= 0.6 is 0 Å². The van der Waals surface area contributed by atoms with Crippen molar-refractivity contribution in [1.29, 1.82) is 0 Å². The summed E-state index contributed by atoms with van der Waals surface area (Å²) in [7, 11) is 0. The summed E-state index contributed by atoms with van der Waals surface area (Å²) in [4.78, 5) is 4.33. The van der Waals surface area contributed by atoms with E-state index in [0.717, 1.165) is 19.3 Å². The van der Waals surface area contributed by atoms with Crippen molar-refractivity contribution in [2.45, 2.75) is 38.4 Å². The van der Waals surface area contributed by atoms with E-state index in [2.05, 4.69) is 4.98 Å². The Hall–Kier alpha value is -1.56. The monoisotopic (exact) mass is 285 g/mol. The topological polar surface area (TPSA) is 43.8 Å². The molecule has 0 unspecified atom stereocenters. The van der Waals surface area contributed by atoms with Gasteiger partial charge in [-0.05, 0) is 31.5 Å². The molecule has 1 aromatic heterocycles. The van der Waals surface area contributed by atoms with Gasteiger partial charge in [-0.2, -0.15) is 13.2 Å². The minimum Gasteiger partial charge on any atom is -0.330 e. The lowest BCUT2D eigenvalue weighted by Crippen LogP contribution is -2.19. The van der Waals surface area contributed by atoms with Crippen molar-refractivity contribution in [3.63, 3.8) is 0 Å². The molecule has 0 bridgehead atoms. The van der Waals surface area contributed by atoms with Gasteiger partial charge in [-0.25, -0.2) is 4.98 Å². The number of alkyl halides is 3. The summed E-state index contributed by atoms with van der Waals surface area (Å²) in [6.07, 6.45) is -1.09. The predicted octanol–water partition coefficient (Wildman–Crippen LogP) is 3.27. The van der Waals surface area contributed by atoms with Crippen molar-refractivity contribution in [3.8, 4) is 0 Å². The number of rotatable bonds is 6. The Morgan fingerprint density at radius 2 is 1.85 bits per heavy atom. The van der Waals surface area contributed by atoms with Crippen molar-refractivity contribution in [2.24, 2.45) is 5.73 Å². The fourth-order valence-electron chi connectivity index (χ4n) is 2.28. The summed E-state index contributed by atoms with van der Waals surface area (Å²) >= 11 is 0. The van der Waals surface area contributed by atoms with Gasteiger partial charge in [0.05, 0.1) is 11.0 Å². The van der Waals surface area contributed by atoms with E-state index in [1.807, 2.05) is 0 Å². The fourth-order valence-corrected chi connectivity index (χ4v) is 2.28. The van der Waals surface area contributed by atoms with Crippen LogP contribution in [0.2, 0.25) is 0 Å². The molecule has 2 aromatic rings. The minimum absolute atomic E-state index is 0.501. The number of nitrogens with zero attached hydrogens (tertiary/aromatic N) is 2. The number of unbranched alkanes of at least 4 members (excludes halogenated alkanes) is 2. The van der Waals surface area contributed by atoms with Crippen molar-refractivity contribution in [1.82, 2.24) is 9.55 Å². The van der Waals surface area contributed by atoms with E-state index in [9.17, 15) is 13.2 Å². The first kappa shape index (κ1) is 14.8. The summed E-state index contributed by atoms with van der Waals surface area (Å²) in [5.74, 6) is 0.501. The fraction of sp³-hybridized carbons (Fsp3) is 0.500. The minimum atomic E-state index is -4.24. The smallest absolute Gasteiger partial charge is 0.330 e. The molecule has 0 aliphatic carbocycles. The Labute approximate surface area is 115 Å². The van der Waals surface area contributed by atoms with Gasteiger partial charge in [0, 0.05) is 6.42 Å². The molecule has 0 radical (unpaired) electrons. The molecule has 20 heavy (non-hydrogen) atoms. The van der Waals surface area contributed by atoms with Crippen LogP contribution in [-0.4, -0.2) is 22.3 Å². The number of hydrogen-bond acceptors (Lipinski definition) is 2. The molecule has 3 nitrogen and oxygen atoms in total. The quantitative estimate of drug-likeness (QED) is 0.828. The van der Waals surface area contributed by atoms with E-state index in [1.54, 1.807) is 24.3 Å². The third-order valence-electron chi connectivity index (χ3n) is 3.18. The van der Waals surface area contributed by atoms with Gasteiger partial charge in [-0.3, -0.25) is 0 Å². The number of hydrogen-bond donors (Lipinski definition) is 1. The zero-order chi connectivity index (χ0) is 14.6. The Balaban J connectivity index is 2.24. The summed E-state index contributed by atoms with van der Waals surface area (Å²) in [6.45, 7) is -0.376. The molecular weight excluding hydrogens is 267 g/mol. The van der Waals surface area contributed by atoms with E-state index >= 15 is 0 Å². The first-order valence-electron chi connectivity index (χ1n) is 6.72. The second kappa shape index (κ2) is 6.26. The first-order chi connectivity index (χ1) is 9.51. The highest BCUT2D eigenvalue weighted by Crippen LogP contribution is 2.24. The van der Waals surface area contributed by atoms with Crippen LogP contribution in [0.4, 0.5) is 13.2 Å². The van der Waals surface area contributed by atoms with E-state index in [0.29, 0.717) is 29.8 Å². The number of nitrogens with two attached hydrogens (primary N) is 1. The summed E-state index contributed by atoms with van der Waals surface area (Å²) in [6, 6.07) is 6.93. The van der Waals surface area contributed by atoms with Crippen molar-refractivity contribution >= 4 is 11.0 Å². The molecule has 2 N–H and O–H groups in total. The number of aromatic nitrogens is 2. The predicted molar refractivity (Wildman–Crippen MR) is 72.4 cm³/mol. The molecular formula is C14H18F3N3. The molecule has 0 spiro atoms. The van der Waals surface area contributed by atoms with Crippen LogP contribution < -0.4 is 5.73 Å². The van der Waals surface area contributed by atoms with Gasteiger partial charge >= 0.3 is 6.18 Å². The number of halogens is 3. The molecule has 0 amide bonds. The number of imidazole rings is 1. The highest BCUT2D eigenvalue weighted by Gasteiger charge is 2.30. The molecule has 1 heterocycles. The Morgan fingerprint density at radius 1 is 1.10 bits per heavy atom. The summed E-state index contributed by atoms with van der Waals surface area (Å²) in [5, 5.41) is 0. The van der Waals surface area contributed by atoms with Crippen LogP contribution in [0.25, 0.3) is 11.0 Å². The summed E-state index contributed by atoms with van der Waals surface area (Å²) < 4.78 is 39.4. The number of fused-ring (bicyclic) bond motifs is 1. The van der Waals surface area contributed by atoms with Crippen LogP contribution in [0.5, 0.6) is 0 Å². The van der Waals surface area contributed by atoms with Crippen molar-refractivity contribution in [2.75, 3.05) is 6.54 Å². The van der Waals surface area contributed by atoms with Crippen molar-refractivity contribution < 1.29 is 13.2 Å². The molecule has 0 fully saturated rings. The zero-order valence-corrected chi connectivity index (χ0v) is 11.2. The van der Waals surface area contributed by atoms with Crippen LogP contribution in [0.15, 0.2) is 24.3 Å². The molecule has 6 heteroatoms. The maximum atomic E-state index is 12.7. The lowest BCUT2D eigenvalue weighted by molar-refractivity contribution is -0.140. The number of aryl methyl sites for hydroxylation is 1. The van der Waals surface area contributed by atoms with Crippen LogP contribution in [0.3, 0.4) is 0 Å². The first-order valence-corrected chi connectivity index (χ1v) is 6.72. The second-order valence-electron chi connectivity index (χ2n) is 4.82. The van der Waals surface area contributed by atoms with Crippen LogP contribution in [0.1, 0.15) is 25.1 Å². The van der Waals surface area contributed by atoms with E-state index in [-0.39, 0.29) is 0 Å². The second-order valence-corrected chi connectivity index (χ2v) is 4.82. The average Bonchev–Trinajstić information content (AvgIpc) is 2.71. The largest absolute Gasteiger partial charge is 0.406 e. The normalized spacial score (nSPS) is 12.2. The van der Waals surface area contributed by atoms with E-state index < -0.39 is 12.7 Å². The molecule has 0 aliphatic rings. The van der Waals surface area contributed by atoms with Gasteiger partial charge in [0.15, 0.2) is 0 Å². The molecule has 110 valence electrons. The number of benzene rings is 1. The van der Waals surface area contributed by atoms with E-state index in [1.165, 1.54) is 4.57 Å². The third kappa shape index (κ3) is 3.72. The zero-order valence-electron chi connectivity index (χ0n) is 11.2. The molecule has 0 saturated heterocycles. The lowest BCUT2D eigenvalue weighted by Gasteiger charge is -2.11. The molecule has 0 atom stereocenters. The summed E-state index contributed by atoms with van der Waals surface area (Å²) in [5.41, 5.74) is 6.57. The van der Waals surface area contributed by atoms with E-state index in [4.69, 9.17) is 5.73 Å². The standard InChI is InChI=1S/C14H18F3N3/c15-14(16,17)10-20-12-7-4-3-6-11(12)19-13(20)8-2-1-5-9-18/h3-4,6-7H,1-2,5,8-10,18H2. The maximum Gasteiger partial charge on any atom is 0.406 e. The van der Waals surface area contributed by atoms with Gasteiger partial charge in [0.1, 0.15) is 12.4 Å². The maximum absolute atomic E-state index is 12.7. The van der Waals surface area contributed by atoms with Gasteiger partial charge in [-0.1, -0.05) is 18.6 Å². The van der Waals surface area contributed by atoms with Crippen LogP contribution in [0, 0.1) is 0 Å². The Morgan fingerprint density at radius 3 is 2.55 bits per heavy atom. The highest BCUT2D eigenvalue weighted by atomic mass is 19.4. The van der Waals surface area contributed by atoms with Gasteiger partial charge in [0.2, 0.25) is 0 Å². The van der Waals surface area contributed by atoms with Crippen LogP contribution in [-0.2, 0) is 13.0 Å². The molecule has 0 saturated carbocycles. The Kier molecular flexibility index (Phi) is 4.65. The Bertz CT molecular complexity index is 560. The molecule has 1 aromatic carbocycles. The third-order valence-corrected chi connectivity index (χ3v) is 3.18. The SMILES string of the molecule is NCCCCCc1nc2ccccc2n1CC(F)(F)F.